The summed E-state index contributed by atoms with van der Waals surface area (Å²) in [6.07, 6.45) is 0. The van der Waals surface area contributed by atoms with Crippen LogP contribution in [0.5, 0.6) is 0 Å². The normalized spacial score (nSPS) is 11.7. The molecule has 0 spiro atoms. The number of rotatable bonds is 1. The Hall–Kier alpha value is -2.43. The van der Waals surface area contributed by atoms with Gasteiger partial charge in [0.15, 0.2) is 0 Å². The molecule has 0 nitrogen and oxygen atoms in total. The maximum atomic E-state index is 2.79. The van der Waals surface area contributed by atoms with E-state index in [0.29, 0.717) is 0 Å². The highest BCUT2D eigenvalue weighted by Gasteiger charge is 2.11. The minimum absolute atomic E-state index is 1.22. The smallest absolute Gasteiger partial charge is 0.00206 e. The van der Waals surface area contributed by atoms with Crippen LogP contribution in [0.2, 0.25) is 0 Å². The average Bonchev–Trinajstić information content (AvgIpc) is 2.59. The highest BCUT2D eigenvalue weighted by Crippen LogP contribution is 2.38. The van der Waals surface area contributed by atoms with Crippen LogP contribution in [-0.2, 0) is 0 Å². The summed E-state index contributed by atoms with van der Waals surface area (Å²) in [5, 5.41) is 9.26. The van der Waals surface area contributed by atoms with Crippen LogP contribution in [0, 0.1) is 0 Å². The molecule has 0 heterocycles. The van der Waals surface area contributed by atoms with Crippen LogP contribution in [-0.4, -0.2) is 0 Å². The Morgan fingerprint density at radius 2 is 1.22 bits per heavy atom. The van der Waals surface area contributed by atoms with Gasteiger partial charge in [-0.15, -0.1) is 9.24 Å². The van der Waals surface area contributed by atoms with Gasteiger partial charge in [-0.3, -0.25) is 0 Å². The first kappa shape index (κ1) is 13.0. The molecule has 0 N–H and O–H groups in total. The van der Waals surface area contributed by atoms with Crippen molar-refractivity contribution in [2.75, 3.05) is 0 Å². The van der Waals surface area contributed by atoms with Crippen LogP contribution in [0.15, 0.2) is 78.9 Å². The van der Waals surface area contributed by atoms with Crippen molar-refractivity contribution in [1.29, 1.82) is 0 Å². The molecule has 0 saturated carbocycles. The van der Waals surface area contributed by atoms with Crippen molar-refractivity contribution in [3.8, 4) is 11.1 Å². The maximum absolute atomic E-state index is 2.79. The van der Waals surface area contributed by atoms with Gasteiger partial charge in [0.25, 0.3) is 0 Å². The molecule has 0 amide bonds. The predicted octanol–water partition coefficient (Wildman–Crippen LogP) is 5.75. The summed E-state index contributed by atoms with van der Waals surface area (Å²) >= 11 is 0. The number of hydrogen-bond acceptors (Lipinski definition) is 0. The summed E-state index contributed by atoms with van der Waals surface area (Å²) in [4.78, 5) is 0. The van der Waals surface area contributed by atoms with Crippen LogP contribution < -0.4 is 5.30 Å². The second kappa shape index (κ2) is 4.78. The fourth-order valence-corrected chi connectivity index (χ4v) is 3.98. The van der Waals surface area contributed by atoms with Crippen molar-refractivity contribution in [3.05, 3.63) is 78.9 Å². The third-order valence-electron chi connectivity index (χ3n) is 4.73. The topological polar surface area (TPSA) is 0 Å². The zero-order chi connectivity index (χ0) is 15.4. The standard InChI is InChI=1S/C22H15P/c23-18-6-2-5-17(13-18)19-11-9-16-8-7-14-3-1-4-15-10-12-20(19)22(16)21(14)15/h1-13H,23H2. The molecule has 0 radical (unpaired) electrons. The summed E-state index contributed by atoms with van der Waals surface area (Å²) in [6, 6.07) is 28.7. The molecule has 5 aromatic carbocycles. The van der Waals surface area contributed by atoms with E-state index in [-0.39, 0.29) is 0 Å². The van der Waals surface area contributed by atoms with Gasteiger partial charge in [-0.25, -0.2) is 0 Å². The molecule has 0 aliphatic heterocycles. The molecular weight excluding hydrogens is 295 g/mol. The molecule has 108 valence electrons. The van der Waals surface area contributed by atoms with E-state index in [2.05, 4.69) is 88.1 Å². The van der Waals surface area contributed by atoms with Gasteiger partial charge in [0.1, 0.15) is 0 Å². The van der Waals surface area contributed by atoms with Gasteiger partial charge in [0.2, 0.25) is 0 Å². The number of benzene rings is 5. The lowest BCUT2D eigenvalue weighted by atomic mass is 9.90. The third kappa shape index (κ3) is 1.89. The monoisotopic (exact) mass is 310 g/mol. The van der Waals surface area contributed by atoms with E-state index in [4.69, 9.17) is 0 Å². The van der Waals surface area contributed by atoms with E-state index < -0.39 is 0 Å². The highest BCUT2D eigenvalue weighted by atomic mass is 31.0. The van der Waals surface area contributed by atoms with E-state index >= 15 is 0 Å². The molecule has 0 aliphatic carbocycles. The number of hydrogen-bond donors (Lipinski definition) is 0. The molecule has 5 rings (SSSR count). The first-order valence-electron chi connectivity index (χ1n) is 7.84. The van der Waals surface area contributed by atoms with Crippen molar-refractivity contribution < 1.29 is 0 Å². The highest BCUT2D eigenvalue weighted by molar-refractivity contribution is 7.27. The van der Waals surface area contributed by atoms with Crippen molar-refractivity contribution in [2.45, 2.75) is 0 Å². The van der Waals surface area contributed by atoms with Crippen LogP contribution in [0.3, 0.4) is 0 Å². The Morgan fingerprint density at radius 1 is 0.565 bits per heavy atom. The Balaban J connectivity index is 1.99. The van der Waals surface area contributed by atoms with Crippen molar-refractivity contribution >= 4 is 46.9 Å². The Bertz CT molecular complexity index is 1150. The first-order chi connectivity index (χ1) is 11.3. The third-order valence-corrected chi connectivity index (χ3v) is 5.09. The van der Waals surface area contributed by atoms with Crippen molar-refractivity contribution in [3.63, 3.8) is 0 Å². The molecule has 0 bridgehead atoms. The minimum Gasteiger partial charge on any atom is -0.106 e. The summed E-state index contributed by atoms with van der Waals surface area (Å²) < 4.78 is 0. The molecule has 0 aromatic heterocycles. The molecule has 1 heteroatoms. The quantitative estimate of drug-likeness (QED) is 0.273. The SMILES string of the molecule is Pc1cccc(-c2ccc3ccc4cccc5ccc2c3c45)c1. The molecule has 1 atom stereocenters. The van der Waals surface area contributed by atoms with E-state index in [1.807, 2.05) is 0 Å². The Kier molecular flexibility index (Phi) is 2.71. The van der Waals surface area contributed by atoms with Crippen LogP contribution in [0.1, 0.15) is 0 Å². The molecule has 0 aliphatic rings. The van der Waals surface area contributed by atoms with Crippen LogP contribution in [0.25, 0.3) is 43.4 Å². The molecule has 0 fully saturated rings. The fourth-order valence-electron chi connectivity index (χ4n) is 3.69. The zero-order valence-electron chi connectivity index (χ0n) is 12.6. The van der Waals surface area contributed by atoms with E-state index in [9.17, 15) is 0 Å². The molecule has 23 heavy (non-hydrogen) atoms. The van der Waals surface area contributed by atoms with Gasteiger partial charge >= 0.3 is 0 Å². The molecule has 0 saturated heterocycles. The summed E-state index contributed by atoms with van der Waals surface area (Å²) in [5.41, 5.74) is 2.58. The van der Waals surface area contributed by atoms with Crippen molar-refractivity contribution in [1.82, 2.24) is 0 Å². The predicted molar refractivity (Wildman–Crippen MR) is 105 cm³/mol. The van der Waals surface area contributed by atoms with Gasteiger partial charge < -0.3 is 0 Å². The molecular formula is C22H15P. The summed E-state index contributed by atoms with van der Waals surface area (Å²) in [7, 11) is 2.79. The van der Waals surface area contributed by atoms with E-state index in [0.717, 1.165) is 0 Å². The maximum Gasteiger partial charge on any atom is -0.00206 e. The van der Waals surface area contributed by atoms with Crippen LogP contribution >= 0.6 is 9.24 Å². The average molecular weight is 310 g/mol. The second-order valence-corrected chi connectivity index (χ2v) is 6.76. The largest absolute Gasteiger partial charge is 0.106 e. The lowest BCUT2D eigenvalue weighted by molar-refractivity contribution is 1.70. The first-order valence-corrected chi connectivity index (χ1v) is 8.41. The molecule has 1 unspecified atom stereocenters. The summed E-state index contributed by atoms with van der Waals surface area (Å²) in [5.74, 6) is 0. The lowest BCUT2D eigenvalue weighted by Gasteiger charge is -2.14. The van der Waals surface area contributed by atoms with Gasteiger partial charge in [-0.1, -0.05) is 72.8 Å². The lowest BCUT2D eigenvalue weighted by Crippen LogP contribution is -1.91. The zero-order valence-corrected chi connectivity index (χ0v) is 13.7. The van der Waals surface area contributed by atoms with E-state index in [1.165, 1.54) is 48.7 Å². The van der Waals surface area contributed by atoms with Crippen molar-refractivity contribution in [2.24, 2.45) is 0 Å². The second-order valence-electron chi connectivity index (χ2n) is 6.09. The summed E-state index contributed by atoms with van der Waals surface area (Å²) in [6.45, 7) is 0. The Morgan fingerprint density at radius 3 is 2.00 bits per heavy atom. The van der Waals surface area contributed by atoms with Crippen LogP contribution in [0.4, 0.5) is 0 Å². The minimum atomic E-state index is 1.22. The van der Waals surface area contributed by atoms with Gasteiger partial charge in [0.05, 0.1) is 0 Å². The van der Waals surface area contributed by atoms with Gasteiger partial charge in [-0.05, 0) is 54.8 Å². The van der Waals surface area contributed by atoms with E-state index in [1.54, 1.807) is 0 Å². The fraction of sp³-hybridized carbons (Fsp3) is 0. The Labute approximate surface area is 137 Å². The van der Waals surface area contributed by atoms with Gasteiger partial charge in [0, 0.05) is 0 Å². The molecule has 5 aromatic rings. The van der Waals surface area contributed by atoms with Gasteiger partial charge in [-0.2, -0.15) is 0 Å².